The van der Waals surface area contributed by atoms with Gasteiger partial charge in [-0.15, -0.1) is 0 Å². The second kappa shape index (κ2) is 6.37. The normalized spacial score (nSPS) is 14.0. The molecule has 2 unspecified atom stereocenters. The number of carbonyl (C=O) groups is 1. The van der Waals surface area contributed by atoms with Gasteiger partial charge in [0.15, 0.2) is 0 Å². The van der Waals surface area contributed by atoms with E-state index in [1.165, 1.54) is 12.1 Å². The number of aliphatic hydroxyl groups excluding tert-OH is 2. The first-order valence-electron chi connectivity index (χ1n) is 5.77. The van der Waals surface area contributed by atoms with Gasteiger partial charge >= 0.3 is 5.97 Å². The molecule has 0 bridgehead atoms. The molecule has 100 valence electrons. The monoisotopic (exact) mass is 254 g/mol. The van der Waals surface area contributed by atoms with Gasteiger partial charge in [-0.2, -0.15) is 0 Å². The number of benzene rings is 1. The van der Waals surface area contributed by atoms with Crippen molar-refractivity contribution < 1.29 is 24.9 Å². The largest absolute Gasteiger partial charge is 0.508 e. The van der Waals surface area contributed by atoms with E-state index in [4.69, 9.17) is 0 Å². The maximum absolute atomic E-state index is 11.2. The summed E-state index contributed by atoms with van der Waals surface area (Å²) in [4.78, 5) is 11.2. The smallest absolute Gasteiger partial charge is 0.308 e. The number of aliphatic hydroxyl groups is 2. The molecule has 0 aromatic heterocycles. The second-order valence-corrected chi connectivity index (χ2v) is 4.08. The lowest BCUT2D eigenvalue weighted by Gasteiger charge is -2.18. The predicted molar refractivity (Wildman–Crippen MR) is 65.1 cm³/mol. The molecule has 1 aromatic rings. The molecule has 3 N–H and O–H groups in total. The number of esters is 1. The third-order valence-corrected chi connectivity index (χ3v) is 2.55. The molecule has 2 atom stereocenters. The van der Waals surface area contributed by atoms with Gasteiger partial charge in [-0.3, -0.25) is 4.79 Å². The van der Waals surface area contributed by atoms with Crippen LogP contribution >= 0.6 is 0 Å². The van der Waals surface area contributed by atoms with Crippen molar-refractivity contribution in [3.63, 3.8) is 0 Å². The Morgan fingerprint density at radius 2 is 2.06 bits per heavy atom. The molecule has 5 heteroatoms. The van der Waals surface area contributed by atoms with Crippen molar-refractivity contribution in [2.24, 2.45) is 0 Å². The minimum Gasteiger partial charge on any atom is -0.508 e. The molecule has 0 saturated heterocycles. The average Bonchev–Trinajstić information content (AvgIpc) is 2.28. The van der Waals surface area contributed by atoms with Crippen LogP contribution < -0.4 is 0 Å². The molecular formula is C13H18O5. The summed E-state index contributed by atoms with van der Waals surface area (Å²) >= 11 is 0. The molecule has 1 rings (SSSR count). The topological polar surface area (TPSA) is 87.0 Å². The first-order valence-corrected chi connectivity index (χ1v) is 5.77. The summed E-state index contributed by atoms with van der Waals surface area (Å²) in [6.07, 6.45) is -2.95. The maximum Gasteiger partial charge on any atom is 0.308 e. The van der Waals surface area contributed by atoms with E-state index >= 15 is 0 Å². The van der Waals surface area contributed by atoms with Gasteiger partial charge in [-0.05, 0) is 25.5 Å². The summed E-state index contributed by atoms with van der Waals surface area (Å²) in [5.74, 6) is -0.693. The van der Waals surface area contributed by atoms with Crippen molar-refractivity contribution in [3.8, 4) is 5.75 Å². The fourth-order valence-corrected chi connectivity index (χ4v) is 1.61. The van der Waals surface area contributed by atoms with Crippen molar-refractivity contribution in [3.05, 3.63) is 29.3 Å². The number of rotatable bonds is 5. The number of ether oxygens (including phenoxy) is 1. The summed E-state index contributed by atoms with van der Waals surface area (Å²) in [5.41, 5.74) is 1.03. The van der Waals surface area contributed by atoms with Gasteiger partial charge < -0.3 is 20.1 Å². The highest BCUT2D eigenvalue weighted by atomic mass is 16.5. The number of aryl methyl sites for hydroxylation is 1. The van der Waals surface area contributed by atoms with E-state index in [0.717, 1.165) is 5.56 Å². The van der Waals surface area contributed by atoms with Crippen LogP contribution in [-0.4, -0.2) is 34.0 Å². The van der Waals surface area contributed by atoms with Crippen LogP contribution in [0, 0.1) is 6.92 Å². The van der Waals surface area contributed by atoms with E-state index in [0.29, 0.717) is 0 Å². The van der Waals surface area contributed by atoms with Crippen LogP contribution in [0.15, 0.2) is 18.2 Å². The Hall–Kier alpha value is -1.59. The van der Waals surface area contributed by atoms with Gasteiger partial charge in [0, 0.05) is 5.56 Å². The zero-order valence-corrected chi connectivity index (χ0v) is 10.5. The number of hydrogen-bond acceptors (Lipinski definition) is 5. The van der Waals surface area contributed by atoms with Crippen molar-refractivity contribution >= 4 is 5.97 Å². The van der Waals surface area contributed by atoms with Crippen molar-refractivity contribution in [1.82, 2.24) is 0 Å². The minimum atomic E-state index is -1.32. The quantitative estimate of drug-likeness (QED) is 0.684. The van der Waals surface area contributed by atoms with Crippen LogP contribution in [0.4, 0.5) is 0 Å². The Morgan fingerprint density at radius 3 is 2.61 bits per heavy atom. The van der Waals surface area contributed by atoms with Gasteiger partial charge in [0.2, 0.25) is 0 Å². The van der Waals surface area contributed by atoms with Crippen LogP contribution in [0.3, 0.4) is 0 Å². The molecule has 0 aliphatic heterocycles. The number of aromatic hydroxyl groups is 1. The van der Waals surface area contributed by atoms with Crippen LogP contribution in [-0.2, 0) is 9.53 Å². The fourth-order valence-electron chi connectivity index (χ4n) is 1.61. The van der Waals surface area contributed by atoms with Crippen molar-refractivity contribution in [2.45, 2.75) is 32.5 Å². The molecule has 0 saturated carbocycles. The Morgan fingerprint density at radius 1 is 1.39 bits per heavy atom. The summed E-state index contributed by atoms with van der Waals surface area (Å²) in [6.45, 7) is 3.68. The lowest BCUT2D eigenvalue weighted by Crippen LogP contribution is -2.23. The SMILES string of the molecule is CCOC(=O)CC(O)C(O)c1ccc(C)cc1O. The van der Waals surface area contributed by atoms with Crippen molar-refractivity contribution in [2.75, 3.05) is 6.61 Å². The van der Waals surface area contributed by atoms with Gasteiger partial charge in [0.1, 0.15) is 11.9 Å². The van der Waals surface area contributed by atoms with Gasteiger partial charge in [0.05, 0.1) is 19.1 Å². The molecule has 0 spiro atoms. The molecule has 0 fully saturated rings. The van der Waals surface area contributed by atoms with E-state index in [1.807, 2.05) is 0 Å². The van der Waals surface area contributed by atoms with Crippen LogP contribution in [0.5, 0.6) is 5.75 Å². The van der Waals surface area contributed by atoms with E-state index < -0.39 is 18.2 Å². The summed E-state index contributed by atoms with van der Waals surface area (Å²) in [6, 6.07) is 4.70. The fraction of sp³-hybridized carbons (Fsp3) is 0.462. The summed E-state index contributed by atoms with van der Waals surface area (Å²) in [5, 5.41) is 29.2. The third-order valence-electron chi connectivity index (χ3n) is 2.55. The molecule has 0 radical (unpaired) electrons. The molecule has 0 amide bonds. The van der Waals surface area contributed by atoms with Gasteiger partial charge in [-0.25, -0.2) is 0 Å². The number of phenols is 1. The van der Waals surface area contributed by atoms with Crippen molar-refractivity contribution in [1.29, 1.82) is 0 Å². The van der Waals surface area contributed by atoms with Crippen LogP contribution in [0.25, 0.3) is 0 Å². The average molecular weight is 254 g/mol. The highest BCUT2D eigenvalue weighted by Gasteiger charge is 2.24. The zero-order chi connectivity index (χ0) is 13.7. The Kier molecular flexibility index (Phi) is 5.12. The standard InChI is InChI=1S/C13H18O5/c1-3-18-12(16)7-11(15)13(17)9-5-4-8(2)6-10(9)14/h4-6,11,13-15,17H,3,7H2,1-2H3. The Bertz CT molecular complexity index is 416. The summed E-state index contributed by atoms with van der Waals surface area (Å²) < 4.78 is 4.68. The van der Waals surface area contributed by atoms with Gasteiger partial charge in [-0.1, -0.05) is 12.1 Å². The first-order chi connectivity index (χ1) is 8.45. The van der Waals surface area contributed by atoms with E-state index in [2.05, 4.69) is 4.74 Å². The molecule has 0 aliphatic carbocycles. The molecular weight excluding hydrogens is 236 g/mol. The summed E-state index contributed by atoms with van der Waals surface area (Å²) in [7, 11) is 0. The highest BCUT2D eigenvalue weighted by molar-refractivity contribution is 5.70. The molecule has 0 aliphatic rings. The number of phenolic OH excluding ortho intramolecular Hbond substituents is 1. The van der Waals surface area contributed by atoms with E-state index in [9.17, 15) is 20.1 Å². The Balaban J connectivity index is 2.73. The number of hydrogen-bond donors (Lipinski definition) is 3. The lowest BCUT2D eigenvalue weighted by molar-refractivity contribution is -0.147. The Labute approximate surface area is 106 Å². The van der Waals surface area contributed by atoms with E-state index in [-0.39, 0.29) is 24.3 Å². The zero-order valence-electron chi connectivity index (χ0n) is 10.5. The molecule has 1 aromatic carbocycles. The maximum atomic E-state index is 11.2. The third kappa shape index (κ3) is 3.72. The molecule has 0 heterocycles. The first kappa shape index (κ1) is 14.5. The van der Waals surface area contributed by atoms with E-state index in [1.54, 1.807) is 19.9 Å². The molecule has 5 nitrogen and oxygen atoms in total. The van der Waals surface area contributed by atoms with Crippen LogP contribution in [0.1, 0.15) is 30.6 Å². The highest BCUT2D eigenvalue weighted by Crippen LogP contribution is 2.28. The lowest BCUT2D eigenvalue weighted by atomic mass is 10.00. The number of carbonyl (C=O) groups excluding carboxylic acids is 1. The molecule has 18 heavy (non-hydrogen) atoms. The second-order valence-electron chi connectivity index (χ2n) is 4.08. The van der Waals surface area contributed by atoms with Crippen LogP contribution in [0.2, 0.25) is 0 Å². The minimum absolute atomic E-state index is 0.106. The predicted octanol–water partition coefficient (Wildman–Crippen LogP) is 1.05. The van der Waals surface area contributed by atoms with Gasteiger partial charge in [0.25, 0.3) is 0 Å².